The van der Waals surface area contributed by atoms with Crippen molar-refractivity contribution >= 4 is 5.91 Å². The van der Waals surface area contributed by atoms with E-state index < -0.39 is 0 Å². The predicted octanol–water partition coefficient (Wildman–Crippen LogP) is 2.78. The Morgan fingerprint density at radius 3 is 2.60 bits per heavy atom. The molecule has 2 unspecified atom stereocenters. The molecular weight excluding hydrogens is 252 g/mol. The van der Waals surface area contributed by atoms with Gasteiger partial charge in [0.25, 0.3) is 0 Å². The standard InChI is InChI=1S/C16H32N2O2/c1-5-8-14-16(19)18(9-7-11-20-10-6-2)15(17-14)12-13(3)4/h13-15,17H,5-12H2,1-4H3. The molecule has 0 aromatic carbocycles. The lowest BCUT2D eigenvalue weighted by Crippen LogP contribution is -2.39. The van der Waals surface area contributed by atoms with E-state index in [-0.39, 0.29) is 18.1 Å². The van der Waals surface area contributed by atoms with Crippen molar-refractivity contribution in [1.82, 2.24) is 10.2 Å². The Morgan fingerprint density at radius 1 is 1.25 bits per heavy atom. The zero-order valence-electron chi connectivity index (χ0n) is 13.7. The Hall–Kier alpha value is -0.610. The van der Waals surface area contributed by atoms with Gasteiger partial charge in [-0.05, 0) is 31.6 Å². The highest BCUT2D eigenvalue weighted by Crippen LogP contribution is 2.20. The minimum atomic E-state index is 0.0281. The van der Waals surface area contributed by atoms with Crippen molar-refractivity contribution in [1.29, 1.82) is 0 Å². The lowest BCUT2D eigenvalue weighted by atomic mass is 10.1. The maximum absolute atomic E-state index is 12.4. The van der Waals surface area contributed by atoms with Gasteiger partial charge in [-0.1, -0.05) is 34.1 Å². The first-order valence-corrected chi connectivity index (χ1v) is 8.24. The van der Waals surface area contributed by atoms with Crippen LogP contribution in [0.3, 0.4) is 0 Å². The molecular formula is C16H32N2O2. The average Bonchev–Trinajstić information content (AvgIpc) is 2.66. The van der Waals surface area contributed by atoms with E-state index in [1.54, 1.807) is 0 Å². The van der Waals surface area contributed by atoms with Crippen LogP contribution in [0, 0.1) is 5.92 Å². The van der Waals surface area contributed by atoms with Crippen molar-refractivity contribution in [2.24, 2.45) is 5.92 Å². The molecule has 0 aliphatic carbocycles. The van der Waals surface area contributed by atoms with Gasteiger partial charge in [-0.25, -0.2) is 0 Å². The van der Waals surface area contributed by atoms with Crippen LogP contribution in [0.25, 0.3) is 0 Å². The lowest BCUT2D eigenvalue weighted by molar-refractivity contribution is -0.130. The topological polar surface area (TPSA) is 41.6 Å². The molecule has 0 saturated carbocycles. The first kappa shape index (κ1) is 17.4. The third-order valence-corrected chi connectivity index (χ3v) is 3.66. The summed E-state index contributed by atoms with van der Waals surface area (Å²) < 4.78 is 5.51. The lowest BCUT2D eigenvalue weighted by Gasteiger charge is -2.25. The molecule has 2 atom stereocenters. The molecule has 1 aliphatic rings. The molecule has 1 fully saturated rings. The molecule has 0 aromatic rings. The summed E-state index contributed by atoms with van der Waals surface area (Å²) in [4.78, 5) is 14.5. The second-order valence-corrected chi connectivity index (χ2v) is 6.15. The summed E-state index contributed by atoms with van der Waals surface area (Å²) in [6, 6.07) is 0.0281. The number of nitrogens with zero attached hydrogens (tertiary/aromatic N) is 1. The van der Waals surface area contributed by atoms with Gasteiger partial charge in [-0.3, -0.25) is 10.1 Å². The molecule has 0 spiro atoms. The van der Waals surface area contributed by atoms with Gasteiger partial charge in [-0.2, -0.15) is 0 Å². The molecule has 0 radical (unpaired) electrons. The number of nitrogens with one attached hydrogen (secondary N) is 1. The normalized spacial score (nSPS) is 23.1. The van der Waals surface area contributed by atoms with Gasteiger partial charge >= 0.3 is 0 Å². The molecule has 1 N–H and O–H groups in total. The highest BCUT2D eigenvalue weighted by molar-refractivity contribution is 5.84. The molecule has 20 heavy (non-hydrogen) atoms. The predicted molar refractivity (Wildman–Crippen MR) is 82.5 cm³/mol. The quantitative estimate of drug-likeness (QED) is 0.627. The third-order valence-electron chi connectivity index (χ3n) is 3.66. The molecule has 1 aliphatic heterocycles. The van der Waals surface area contributed by atoms with E-state index >= 15 is 0 Å². The minimum absolute atomic E-state index is 0.0281. The first-order chi connectivity index (χ1) is 9.60. The number of hydrogen-bond donors (Lipinski definition) is 1. The van der Waals surface area contributed by atoms with Crippen LogP contribution in [-0.4, -0.2) is 42.8 Å². The van der Waals surface area contributed by atoms with Crippen LogP contribution in [0.4, 0.5) is 0 Å². The van der Waals surface area contributed by atoms with E-state index in [4.69, 9.17) is 4.74 Å². The maximum atomic E-state index is 12.4. The second-order valence-electron chi connectivity index (χ2n) is 6.15. The molecule has 0 bridgehead atoms. The fourth-order valence-corrected chi connectivity index (χ4v) is 2.73. The monoisotopic (exact) mass is 284 g/mol. The van der Waals surface area contributed by atoms with Crippen LogP contribution in [0.2, 0.25) is 0 Å². The Morgan fingerprint density at radius 2 is 2.00 bits per heavy atom. The maximum Gasteiger partial charge on any atom is 0.241 e. The van der Waals surface area contributed by atoms with Gasteiger partial charge in [0.2, 0.25) is 5.91 Å². The fourth-order valence-electron chi connectivity index (χ4n) is 2.73. The SMILES string of the molecule is CCCOCCCN1C(=O)C(CCC)NC1CC(C)C. The van der Waals surface area contributed by atoms with Gasteiger partial charge < -0.3 is 9.64 Å². The van der Waals surface area contributed by atoms with Crippen molar-refractivity contribution < 1.29 is 9.53 Å². The molecule has 1 amide bonds. The van der Waals surface area contributed by atoms with E-state index in [1.165, 1.54) is 0 Å². The van der Waals surface area contributed by atoms with E-state index in [1.807, 2.05) is 4.90 Å². The molecule has 1 heterocycles. The highest BCUT2D eigenvalue weighted by atomic mass is 16.5. The summed E-state index contributed by atoms with van der Waals surface area (Å²) in [6.45, 7) is 11.1. The number of hydrogen-bond acceptors (Lipinski definition) is 3. The summed E-state index contributed by atoms with van der Waals surface area (Å²) in [5.74, 6) is 0.882. The second kappa shape index (κ2) is 9.35. The Balaban J connectivity index is 2.46. The highest BCUT2D eigenvalue weighted by Gasteiger charge is 2.37. The number of amides is 1. The zero-order chi connectivity index (χ0) is 15.0. The van der Waals surface area contributed by atoms with Crippen LogP contribution >= 0.6 is 0 Å². The Labute approximate surface area is 124 Å². The van der Waals surface area contributed by atoms with Crippen molar-refractivity contribution in [2.75, 3.05) is 19.8 Å². The van der Waals surface area contributed by atoms with Crippen LogP contribution in [-0.2, 0) is 9.53 Å². The molecule has 0 aromatic heterocycles. The zero-order valence-corrected chi connectivity index (χ0v) is 13.7. The van der Waals surface area contributed by atoms with Gasteiger partial charge in [0.15, 0.2) is 0 Å². The van der Waals surface area contributed by atoms with Crippen LogP contribution < -0.4 is 5.32 Å². The van der Waals surface area contributed by atoms with Gasteiger partial charge in [0.05, 0.1) is 12.2 Å². The van der Waals surface area contributed by atoms with Crippen LogP contribution in [0.15, 0.2) is 0 Å². The number of ether oxygens (including phenoxy) is 1. The molecule has 118 valence electrons. The molecule has 4 heteroatoms. The fraction of sp³-hybridized carbons (Fsp3) is 0.938. The van der Waals surface area contributed by atoms with Crippen LogP contribution in [0.1, 0.15) is 59.8 Å². The summed E-state index contributed by atoms with van der Waals surface area (Å²) in [7, 11) is 0. The van der Waals surface area contributed by atoms with Crippen LogP contribution in [0.5, 0.6) is 0 Å². The summed E-state index contributed by atoms with van der Waals surface area (Å²) in [5.41, 5.74) is 0. The van der Waals surface area contributed by atoms with Crippen molar-refractivity contribution in [3.63, 3.8) is 0 Å². The first-order valence-electron chi connectivity index (χ1n) is 8.24. The van der Waals surface area contributed by atoms with Gasteiger partial charge in [0, 0.05) is 19.8 Å². The Bertz CT molecular complexity index is 282. The number of rotatable bonds is 10. The molecule has 1 saturated heterocycles. The van der Waals surface area contributed by atoms with E-state index in [2.05, 4.69) is 33.0 Å². The van der Waals surface area contributed by atoms with E-state index in [0.29, 0.717) is 5.92 Å². The summed E-state index contributed by atoms with van der Waals surface area (Å²) in [5, 5.41) is 3.51. The average molecular weight is 284 g/mol. The van der Waals surface area contributed by atoms with Crippen molar-refractivity contribution in [3.8, 4) is 0 Å². The Kier molecular flexibility index (Phi) is 8.15. The van der Waals surface area contributed by atoms with Gasteiger partial charge in [0.1, 0.15) is 0 Å². The van der Waals surface area contributed by atoms with E-state index in [0.717, 1.165) is 51.9 Å². The smallest absolute Gasteiger partial charge is 0.241 e. The van der Waals surface area contributed by atoms with Crippen molar-refractivity contribution in [2.45, 2.75) is 72.0 Å². The number of carbonyl (C=O) groups excluding carboxylic acids is 1. The number of carbonyl (C=O) groups is 1. The largest absolute Gasteiger partial charge is 0.381 e. The van der Waals surface area contributed by atoms with E-state index in [9.17, 15) is 4.79 Å². The summed E-state index contributed by atoms with van der Waals surface area (Å²) >= 11 is 0. The molecule has 1 rings (SSSR count). The third kappa shape index (κ3) is 5.41. The molecule has 4 nitrogen and oxygen atoms in total. The van der Waals surface area contributed by atoms with Crippen molar-refractivity contribution in [3.05, 3.63) is 0 Å². The van der Waals surface area contributed by atoms with Gasteiger partial charge in [-0.15, -0.1) is 0 Å². The summed E-state index contributed by atoms with van der Waals surface area (Å²) in [6.07, 6.45) is 5.22. The minimum Gasteiger partial charge on any atom is -0.381 e.